The first-order chi connectivity index (χ1) is 10.1. The summed E-state index contributed by atoms with van der Waals surface area (Å²) in [5.41, 5.74) is 1.41. The number of carbonyl (C=O) groups is 1. The van der Waals surface area contributed by atoms with Crippen LogP contribution in [0, 0.1) is 6.92 Å². The molecule has 0 aromatic carbocycles. The lowest BCUT2D eigenvalue weighted by molar-refractivity contribution is -0.140. The van der Waals surface area contributed by atoms with Gasteiger partial charge in [-0.25, -0.2) is 9.97 Å². The molecular weight excluding hydrogens is 304 g/mol. The minimum absolute atomic E-state index is 0.0154. The van der Waals surface area contributed by atoms with Gasteiger partial charge in [-0.1, -0.05) is 11.8 Å². The van der Waals surface area contributed by atoms with Crippen LogP contribution in [0.3, 0.4) is 0 Å². The van der Waals surface area contributed by atoms with Crippen LogP contribution < -0.4 is 0 Å². The SMILES string of the molecule is Cc1nc(S[C@@H]2C[C@H](C)OC2=O)c2c3c(sc2n1)CCC3. The summed E-state index contributed by atoms with van der Waals surface area (Å²) in [5.74, 6) is 0.674. The van der Waals surface area contributed by atoms with Gasteiger partial charge in [0.15, 0.2) is 0 Å². The number of fused-ring (bicyclic) bond motifs is 3. The van der Waals surface area contributed by atoms with Crippen molar-refractivity contribution in [1.82, 2.24) is 9.97 Å². The Morgan fingerprint density at radius 2 is 2.19 bits per heavy atom. The lowest BCUT2D eigenvalue weighted by Gasteiger charge is -2.08. The zero-order valence-electron chi connectivity index (χ0n) is 12.0. The summed E-state index contributed by atoms with van der Waals surface area (Å²) < 4.78 is 5.26. The first kappa shape index (κ1) is 13.5. The minimum atomic E-state index is -0.130. The first-order valence-corrected chi connectivity index (χ1v) is 8.97. The van der Waals surface area contributed by atoms with Crippen molar-refractivity contribution in [3.63, 3.8) is 0 Å². The smallest absolute Gasteiger partial charge is 0.319 e. The van der Waals surface area contributed by atoms with E-state index in [1.807, 2.05) is 13.8 Å². The third-order valence-electron chi connectivity index (χ3n) is 4.02. The quantitative estimate of drug-likeness (QED) is 0.628. The zero-order valence-corrected chi connectivity index (χ0v) is 13.6. The molecule has 2 aromatic heterocycles. The van der Waals surface area contributed by atoms with Crippen molar-refractivity contribution < 1.29 is 9.53 Å². The molecule has 2 atom stereocenters. The van der Waals surface area contributed by atoms with Crippen LogP contribution in [0.25, 0.3) is 10.2 Å². The Morgan fingerprint density at radius 3 is 2.95 bits per heavy atom. The number of hydrogen-bond donors (Lipinski definition) is 0. The van der Waals surface area contributed by atoms with E-state index in [2.05, 4.69) is 9.97 Å². The van der Waals surface area contributed by atoms with Crippen LogP contribution in [0.4, 0.5) is 0 Å². The normalized spacial score (nSPS) is 24.6. The second-order valence-electron chi connectivity index (χ2n) is 5.70. The van der Waals surface area contributed by atoms with Crippen molar-refractivity contribution in [2.75, 3.05) is 0 Å². The molecule has 1 aliphatic heterocycles. The third-order valence-corrected chi connectivity index (χ3v) is 6.40. The number of thiophene rings is 1. The molecule has 0 unspecified atom stereocenters. The Hall–Kier alpha value is -1.14. The van der Waals surface area contributed by atoms with Crippen LogP contribution >= 0.6 is 23.1 Å². The van der Waals surface area contributed by atoms with Gasteiger partial charge in [0.2, 0.25) is 0 Å². The predicted octanol–water partition coefficient (Wildman–Crippen LogP) is 3.28. The molecule has 110 valence electrons. The predicted molar refractivity (Wildman–Crippen MR) is 84.0 cm³/mol. The van der Waals surface area contributed by atoms with Gasteiger partial charge in [0, 0.05) is 16.7 Å². The molecule has 4 rings (SSSR count). The van der Waals surface area contributed by atoms with Crippen LogP contribution in [0.1, 0.15) is 36.0 Å². The Bertz CT molecular complexity index is 741. The fourth-order valence-electron chi connectivity index (χ4n) is 3.10. The number of esters is 1. The van der Waals surface area contributed by atoms with Crippen LogP contribution in [0.15, 0.2) is 5.03 Å². The largest absolute Gasteiger partial charge is 0.462 e. The third kappa shape index (κ3) is 2.25. The second kappa shape index (κ2) is 4.95. The highest BCUT2D eigenvalue weighted by molar-refractivity contribution is 8.00. The Balaban J connectivity index is 1.79. The van der Waals surface area contributed by atoms with E-state index in [0.29, 0.717) is 0 Å². The minimum Gasteiger partial charge on any atom is -0.462 e. The standard InChI is InChI=1S/C15H16N2O2S2/c1-7-6-11(15(18)19-7)21-14-12-9-4-3-5-10(9)20-13(12)16-8(2)17-14/h7,11H,3-6H2,1-2H3/t7-,11+/m0/s1. The molecule has 0 saturated carbocycles. The van der Waals surface area contributed by atoms with Gasteiger partial charge in [0.05, 0.1) is 0 Å². The molecular formula is C15H16N2O2S2. The first-order valence-electron chi connectivity index (χ1n) is 7.28. The van der Waals surface area contributed by atoms with E-state index in [1.165, 1.54) is 22.2 Å². The summed E-state index contributed by atoms with van der Waals surface area (Å²) in [6.07, 6.45) is 4.27. The van der Waals surface area contributed by atoms with E-state index in [-0.39, 0.29) is 17.3 Å². The van der Waals surface area contributed by atoms with Crippen molar-refractivity contribution in [3.8, 4) is 0 Å². The van der Waals surface area contributed by atoms with Gasteiger partial charge >= 0.3 is 5.97 Å². The number of aromatic nitrogens is 2. The van der Waals surface area contributed by atoms with Crippen molar-refractivity contribution in [1.29, 1.82) is 0 Å². The molecule has 0 N–H and O–H groups in total. The van der Waals surface area contributed by atoms with E-state index in [0.717, 1.165) is 34.9 Å². The van der Waals surface area contributed by atoms with Crippen molar-refractivity contribution >= 4 is 39.3 Å². The maximum Gasteiger partial charge on any atom is 0.319 e. The molecule has 0 spiro atoms. The number of ether oxygens (including phenoxy) is 1. The number of hydrogen-bond acceptors (Lipinski definition) is 6. The highest BCUT2D eigenvalue weighted by atomic mass is 32.2. The lowest BCUT2D eigenvalue weighted by Crippen LogP contribution is -2.10. The van der Waals surface area contributed by atoms with E-state index < -0.39 is 0 Å². The number of nitrogens with zero attached hydrogens (tertiary/aromatic N) is 2. The van der Waals surface area contributed by atoms with Gasteiger partial charge < -0.3 is 4.74 Å². The number of cyclic esters (lactones) is 1. The van der Waals surface area contributed by atoms with Gasteiger partial charge in [-0.15, -0.1) is 11.3 Å². The number of carbonyl (C=O) groups excluding carboxylic acids is 1. The second-order valence-corrected chi connectivity index (χ2v) is 7.98. The highest BCUT2D eigenvalue weighted by Crippen LogP contribution is 2.42. The van der Waals surface area contributed by atoms with Gasteiger partial charge in [-0.2, -0.15) is 0 Å². The molecule has 0 amide bonds. The summed E-state index contributed by atoms with van der Waals surface area (Å²) >= 11 is 3.35. The maximum atomic E-state index is 11.9. The average Bonchev–Trinajstić information content (AvgIpc) is 3.04. The number of thioether (sulfide) groups is 1. The Kier molecular flexibility index (Phi) is 3.19. The van der Waals surface area contributed by atoms with E-state index >= 15 is 0 Å². The number of rotatable bonds is 2. The summed E-state index contributed by atoms with van der Waals surface area (Å²) in [6.45, 7) is 3.87. The maximum absolute atomic E-state index is 11.9. The molecule has 3 heterocycles. The summed E-state index contributed by atoms with van der Waals surface area (Å²) in [6, 6.07) is 0. The molecule has 1 aliphatic carbocycles. The molecule has 1 saturated heterocycles. The van der Waals surface area contributed by atoms with Crippen molar-refractivity contribution in [2.45, 2.75) is 55.9 Å². The molecule has 6 heteroatoms. The molecule has 4 nitrogen and oxygen atoms in total. The van der Waals surface area contributed by atoms with Gasteiger partial charge in [0.1, 0.15) is 27.0 Å². The van der Waals surface area contributed by atoms with Crippen LogP contribution in [-0.2, 0) is 22.4 Å². The van der Waals surface area contributed by atoms with E-state index in [1.54, 1.807) is 23.1 Å². The van der Waals surface area contributed by atoms with Crippen molar-refractivity contribution in [2.24, 2.45) is 0 Å². The Morgan fingerprint density at radius 1 is 1.33 bits per heavy atom. The lowest BCUT2D eigenvalue weighted by atomic mass is 10.2. The molecule has 2 aromatic rings. The molecule has 1 fully saturated rings. The fourth-order valence-corrected chi connectivity index (χ4v) is 5.78. The summed E-state index contributed by atoms with van der Waals surface area (Å²) in [7, 11) is 0. The van der Waals surface area contributed by atoms with Crippen molar-refractivity contribution in [3.05, 3.63) is 16.3 Å². The fraction of sp³-hybridized carbons (Fsp3) is 0.533. The molecule has 2 aliphatic rings. The topological polar surface area (TPSA) is 52.1 Å². The summed E-state index contributed by atoms with van der Waals surface area (Å²) in [5, 5.41) is 2.03. The number of aryl methyl sites for hydroxylation is 3. The van der Waals surface area contributed by atoms with Gasteiger partial charge in [-0.3, -0.25) is 4.79 Å². The average molecular weight is 320 g/mol. The Labute approximate surface area is 131 Å². The van der Waals surface area contributed by atoms with E-state index in [9.17, 15) is 4.79 Å². The van der Waals surface area contributed by atoms with Gasteiger partial charge in [-0.05, 0) is 38.7 Å². The molecule has 21 heavy (non-hydrogen) atoms. The molecule has 0 bridgehead atoms. The monoisotopic (exact) mass is 320 g/mol. The molecule has 0 radical (unpaired) electrons. The van der Waals surface area contributed by atoms with E-state index in [4.69, 9.17) is 4.74 Å². The summed E-state index contributed by atoms with van der Waals surface area (Å²) in [4.78, 5) is 23.6. The van der Waals surface area contributed by atoms with Crippen LogP contribution in [-0.4, -0.2) is 27.3 Å². The van der Waals surface area contributed by atoms with Crippen LogP contribution in [0.5, 0.6) is 0 Å². The van der Waals surface area contributed by atoms with Crippen LogP contribution in [0.2, 0.25) is 0 Å². The van der Waals surface area contributed by atoms with Gasteiger partial charge in [0.25, 0.3) is 0 Å². The zero-order chi connectivity index (χ0) is 14.6. The highest BCUT2D eigenvalue weighted by Gasteiger charge is 2.34.